The molecule has 0 bridgehead atoms. The average Bonchev–Trinajstić information content (AvgIpc) is 3.26. The van der Waals surface area contributed by atoms with Crippen LogP contribution in [-0.4, -0.2) is 20.4 Å². The Morgan fingerprint density at radius 1 is 1.22 bits per heavy atom. The molecule has 0 aliphatic heterocycles. The molecule has 2 heterocycles. The van der Waals surface area contributed by atoms with E-state index < -0.39 is 6.04 Å². The summed E-state index contributed by atoms with van der Waals surface area (Å²) in [5, 5.41) is 4.70. The van der Waals surface area contributed by atoms with Crippen molar-refractivity contribution in [1.82, 2.24) is 19.9 Å². The van der Waals surface area contributed by atoms with Gasteiger partial charge in [-0.3, -0.25) is 4.79 Å². The Balaban J connectivity index is 1.68. The van der Waals surface area contributed by atoms with Crippen molar-refractivity contribution in [3.8, 4) is 0 Å². The molecule has 0 saturated heterocycles. The van der Waals surface area contributed by atoms with Gasteiger partial charge in [-0.25, -0.2) is 4.98 Å². The zero-order valence-corrected chi connectivity index (χ0v) is 16.8. The van der Waals surface area contributed by atoms with Crippen LogP contribution in [0.2, 0.25) is 5.02 Å². The van der Waals surface area contributed by atoms with E-state index in [1.165, 1.54) is 0 Å². The zero-order chi connectivity index (χ0) is 19.0. The number of hydrogen-bond acceptors (Lipinski definition) is 2. The first-order chi connectivity index (χ1) is 13.0. The number of carbonyl (C=O) groups excluding carboxylic acids is 1. The van der Waals surface area contributed by atoms with E-state index in [0.717, 1.165) is 26.8 Å². The summed E-state index contributed by atoms with van der Waals surface area (Å²) in [6.45, 7) is 0. The molecule has 136 valence electrons. The SMILES string of the molecule is Cn1ccnc1[C@@H](NC(=O)c1cc2ccc(Br)cc2[nH]1)c1ccc(Cl)cc1. The number of nitrogens with one attached hydrogen (secondary N) is 2. The van der Waals surface area contributed by atoms with Gasteiger partial charge in [-0.2, -0.15) is 0 Å². The summed E-state index contributed by atoms with van der Waals surface area (Å²) in [4.78, 5) is 20.5. The maximum atomic E-state index is 12.9. The molecule has 7 heteroatoms. The molecule has 1 atom stereocenters. The summed E-state index contributed by atoms with van der Waals surface area (Å²) in [6, 6.07) is 14.7. The van der Waals surface area contributed by atoms with Crippen LogP contribution >= 0.6 is 27.5 Å². The fourth-order valence-corrected chi connectivity index (χ4v) is 3.53. The Labute approximate surface area is 169 Å². The van der Waals surface area contributed by atoms with Gasteiger partial charge < -0.3 is 14.9 Å². The van der Waals surface area contributed by atoms with Crippen LogP contribution in [0.1, 0.15) is 27.9 Å². The molecule has 1 amide bonds. The number of H-pyrrole nitrogens is 1. The number of amides is 1. The second-order valence-electron chi connectivity index (χ2n) is 6.27. The van der Waals surface area contributed by atoms with Crippen LogP contribution in [0.3, 0.4) is 0 Å². The minimum Gasteiger partial charge on any atom is -0.350 e. The van der Waals surface area contributed by atoms with Gasteiger partial charge in [0.2, 0.25) is 0 Å². The monoisotopic (exact) mass is 442 g/mol. The Hall–Kier alpha value is -2.57. The summed E-state index contributed by atoms with van der Waals surface area (Å²) >= 11 is 9.46. The number of hydrogen-bond donors (Lipinski definition) is 2. The lowest BCUT2D eigenvalue weighted by molar-refractivity contribution is 0.0937. The normalized spacial score (nSPS) is 12.3. The largest absolute Gasteiger partial charge is 0.350 e. The smallest absolute Gasteiger partial charge is 0.268 e. The Morgan fingerprint density at radius 2 is 2.00 bits per heavy atom. The van der Waals surface area contributed by atoms with E-state index in [1.54, 1.807) is 18.3 Å². The molecule has 27 heavy (non-hydrogen) atoms. The fourth-order valence-electron chi connectivity index (χ4n) is 3.04. The molecule has 2 aromatic heterocycles. The van der Waals surface area contributed by atoms with Crippen LogP contribution in [0, 0.1) is 0 Å². The van der Waals surface area contributed by atoms with Gasteiger partial charge in [0.05, 0.1) is 0 Å². The van der Waals surface area contributed by atoms with E-state index in [2.05, 4.69) is 31.2 Å². The van der Waals surface area contributed by atoms with Crippen LogP contribution in [-0.2, 0) is 7.05 Å². The van der Waals surface area contributed by atoms with E-state index in [0.29, 0.717) is 10.7 Å². The van der Waals surface area contributed by atoms with Crippen LogP contribution in [0.4, 0.5) is 0 Å². The van der Waals surface area contributed by atoms with Gasteiger partial charge in [-0.15, -0.1) is 0 Å². The molecule has 0 radical (unpaired) electrons. The molecule has 0 aliphatic rings. The van der Waals surface area contributed by atoms with Crippen LogP contribution in [0.5, 0.6) is 0 Å². The van der Waals surface area contributed by atoms with Crippen molar-refractivity contribution in [3.05, 3.63) is 87.5 Å². The molecule has 2 N–H and O–H groups in total. The summed E-state index contributed by atoms with van der Waals surface area (Å²) < 4.78 is 2.85. The molecule has 4 aromatic rings. The van der Waals surface area contributed by atoms with Crippen LogP contribution in [0.15, 0.2) is 65.4 Å². The zero-order valence-electron chi connectivity index (χ0n) is 14.4. The highest BCUT2D eigenvalue weighted by atomic mass is 79.9. The topological polar surface area (TPSA) is 62.7 Å². The molecule has 0 unspecified atom stereocenters. The molecule has 4 rings (SSSR count). The van der Waals surface area contributed by atoms with Gasteiger partial charge in [0.15, 0.2) is 0 Å². The lowest BCUT2D eigenvalue weighted by Crippen LogP contribution is -2.31. The predicted molar refractivity (Wildman–Crippen MR) is 110 cm³/mol. The molecule has 0 saturated carbocycles. The molecule has 5 nitrogen and oxygen atoms in total. The maximum Gasteiger partial charge on any atom is 0.268 e. The maximum absolute atomic E-state index is 12.9. The van der Waals surface area contributed by atoms with Gasteiger partial charge in [0, 0.05) is 39.8 Å². The van der Waals surface area contributed by atoms with Crippen LogP contribution < -0.4 is 5.32 Å². The standard InChI is InChI=1S/C20H16BrClN4O/c1-26-9-8-23-19(26)18(12-3-6-15(22)7-4-12)25-20(27)17-10-13-2-5-14(21)11-16(13)24-17/h2-11,18,24H,1H3,(H,25,27)/t18-/m0/s1. The summed E-state index contributed by atoms with van der Waals surface area (Å²) in [7, 11) is 1.90. The van der Waals surface area contributed by atoms with Crippen LogP contribution in [0.25, 0.3) is 10.9 Å². The van der Waals surface area contributed by atoms with Gasteiger partial charge >= 0.3 is 0 Å². The number of fused-ring (bicyclic) bond motifs is 1. The highest BCUT2D eigenvalue weighted by Gasteiger charge is 2.22. The van der Waals surface area contributed by atoms with Gasteiger partial charge in [0.25, 0.3) is 5.91 Å². The summed E-state index contributed by atoms with van der Waals surface area (Å²) in [5.74, 6) is 0.537. The number of carbonyl (C=O) groups is 1. The number of aromatic nitrogens is 3. The minimum absolute atomic E-state index is 0.203. The third kappa shape index (κ3) is 3.63. The lowest BCUT2D eigenvalue weighted by atomic mass is 10.1. The molecule has 0 aliphatic carbocycles. The lowest BCUT2D eigenvalue weighted by Gasteiger charge is -2.19. The van der Waals surface area contributed by atoms with Crippen molar-refractivity contribution in [2.24, 2.45) is 7.05 Å². The molecular formula is C20H16BrClN4O. The first-order valence-electron chi connectivity index (χ1n) is 8.33. The average molecular weight is 444 g/mol. The Bertz CT molecular complexity index is 1120. The van der Waals surface area contributed by atoms with E-state index in [4.69, 9.17) is 11.6 Å². The van der Waals surface area contributed by atoms with E-state index in [1.807, 2.05) is 54.2 Å². The van der Waals surface area contributed by atoms with Gasteiger partial charge in [-0.05, 0) is 35.9 Å². The van der Waals surface area contributed by atoms with E-state index in [9.17, 15) is 4.79 Å². The first-order valence-corrected chi connectivity index (χ1v) is 9.50. The molecule has 0 fully saturated rings. The van der Waals surface area contributed by atoms with Gasteiger partial charge in [-0.1, -0.05) is 45.7 Å². The van der Waals surface area contributed by atoms with Crippen molar-refractivity contribution in [3.63, 3.8) is 0 Å². The minimum atomic E-state index is -0.395. The third-order valence-electron chi connectivity index (χ3n) is 4.42. The molecule has 0 spiro atoms. The number of halogens is 2. The quantitative estimate of drug-likeness (QED) is 0.474. The summed E-state index contributed by atoms with van der Waals surface area (Å²) in [6.07, 6.45) is 3.57. The van der Waals surface area contributed by atoms with Crippen molar-refractivity contribution in [2.75, 3.05) is 0 Å². The number of aromatic amines is 1. The highest BCUT2D eigenvalue weighted by molar-refractivity contribution is 9.10. The number of rotatable bonds is 4. The number of aryl methyl sites for hydroxylation is 1. The number of benzene rings is 2. The van der Waals surface area contributed by atoms with Crippen molar-refractivity contribution < 1.29 is 4.79 Å². The number of nitrogens with zero attached hydrogens (tertiary/aromatic N) is 2. The van der Waals surface area contributed by atoms with Crippen molar-refractivity contribution in [1.29, 1.82) is 0 Å². The first kappa shape index (κ1) is 17.8. The van der Waals surface area contributed by atoms with Crippen molar-refractivity contribution >= 4 is 44.3 Å². The van der Waals surface area contributed by atoms with Gasteiger partial charge in [0.1, 0.15) is 17.6 Å². The third-order valence-corrected chi connectivity index (χ3v) is 5.17. The van der Waals surface area contributed by atoms with E-state index >= 15 is 0 Å². The molecule has 2 aromatic carbocycles. The molecular weight excluding hydrogens is 428 g/mol. The van der Waals surface area contributed by atoms with Crippen molar-refractivity contribution in [2.45, 2.75) is 6.04 Å². The second-order valence-corrected chi connectivity index (χ2v) is 7.62. The van der Waals surface area contributed by atoms with E-state index in [-0.39, 0.29) is 5.91 Å². The second kappa shape index (κ2) is 7.21. The Kier molecular flexibility index (Phi) is 4.76. The highest BCUT2D eigenvalue weighted by Crippen LogP contribution is 2.24. The predicted octanol–water partition coefficient (Wildman–Crippen LogP) is 4.84. The summed E-state index contributed by atoms with van der Waals surface area (Å²) in [5.41, 5.74) is 2.30. The number of imidazole rings is 1. The fraction of sp³-hybridized carbons (Fsp3) is 0.100. The Morgan fingerprint density at radius 3 is 2.70 bits per heavy atom.